The number of carbonyl (C=O) groups excluding carboxylic acids is 4. The molecule has 0 aliphatic rings. The number of hydrogen-bond donors (Lipinski definition) is 2. The molecule has 0 bridgehead atoms. The Morgan fingerprint density at radius 2 is 1.26 bits per heavy atom. The molecule has 0 spiro atoms. The van der Waals surface area contributed by atoms with Crippen LogP contribution in [0.25, 0.3) is 0 Å². The Labute approximate surface area is 204 Å². The number of rotatable bonds is 11. The number of esters is 2. The summed E-state index contributed by atoms with van der Waals surface area (Å²) in [4.78, 5) is 48.6. The Balaban J connectivity index is 4.82. The first kappa shape index (κ1) is 31.6. The van der Waals surface area contributed by atoms with Crippen LogP contribution in [0, 0.1) is 0 Å². The second-order valence-electron chi connectivity index (χ2n) is 11.4. The molecule has 0 aliphatic carbocycles. The van der Waals surface area contributed by atoms with Crippen molar-refractivity contribution in [3.05, 3.63) is 0 Å². The number of hydrogen-bond acceptors (Lipinski definition) is 8. The normalized spacial score (nSPS) is 13.1. The van der Waals surface area contributed by atoms with Crippen molar-refractivity contribution in [1.29, 1.82) is 0 Å². The minimum absolute atomic E-state index is 0.0235. The van der Waals surface area contributed by atoms with Crippen LogP contribution in [0.15, 0.2) is 0 Å². The summed E-state index contributed by atoms with van der Waals surface area (Å²) in [5.41, 5.74) is 0.769. The fourth-order valence-corrected chi connectivity index (χ4v) is 2.84. The van der Waals surface area contributed by atoms with E-state index in [-0.39, 0.29) is 31.3 Å². The molecule has 34 heavy (non-hydrogen) atoms. The first-order chi connectivity index (χ1) is 15.3. The van der Waals surface area contributed by atoms with Crippen molar-refractivity contribution < 1.29 is 33.4 Å². The van der Waals surface area contributed by atoms with E-state index in [4.69, 9.17) is 14.2 Å². The van der Waals surface area contributed by atoms with Gasteiger partial charge in [0.1, 0.15) is 23.3 Å². The number of alkyl carbamates (subject to hydrolysis) is 1. The minimum Gasteiger partial charge on any atom is -0.460 e. The van der Waals surface area contributed by atoms with Gasteiger partial charge in [-0.1, -0.05) is 6.42 Å². The lowest BCUT2D eigenvalue weighted by molar-refractivity contribution is -0.157. The van der Waals surface area contributed by atoms with Gasteiger partial charge < -0.3 is 19.5 Å². The van der Waals surface area contributed by atoms with E-state index in [9.17, 15) is 19.2 Å². The maximum Gasteiger partial charge on any atom is 0.407 e. The van der Waals surface area contributed by atoms with Gasteiger partial charge in [-0.05, 0) is 75.2 Å². The van der Waals surface area contributed by atoms with Gasteiger partial charge in [0.25, 0.3) is 0 Å². The third-order valence-corrected chi connectivity index (χ3v) is 3.86. The Kier molecular flexibility index (Phi) is 12.6. The molecule has 0 aliphatic heterocycles. The van der Waals surface area contributed by atoms with E-state index in [0.717, 1.165) is 0 Å². The van der Waals surface area contributed by atoms with Crippen molar-refractivity contribution in [1.82, 2.24) is 15.8 Å². The van der Waals surface area contributed by atoms with E-state index in [1.54, 1.807) is 48.6 Å². The van der Waals surface area contributed by atoms with Crippen LogP contribution in [-0.2, 0) is 28.6 Å². The highest BCUT2D eigenvalue weighted by Crippen LogP contribution is 2.13. The fourth-order valence-electron chi connectivity index (χ4n) is 2.84. The SMILES string of the molecule is CN(CC(=O)OC(C)(C)C)NC(=O)C[C@H](CCCCC(=O)OC(C)(C)C)NC(=O)OC(C)(C)C. The molecule has 10 heteroatoms. The van der Waals surface area contributed by atoms with E-state index < -0.39 is 34.9 Å². The molecule has 0 radical (unpaired) electrons. The molecule has 1 atom stereocenters. The average Bonchev–Trinajstić information content (AvgIpc) is 2.52. The predicted octanol–water partition coefficient (Wildman–Crippen LogP) is 3.48. The summed E-state index contributed by atoms with van der Waals surface area (Å²) < 4.78 is 15.8. The van der Waals surface area contributed by atoms with Crippen molar-refractivity contribution in [3.63, 3.8) is 0 Å². The molecular weight excluding hydrogens is 442 g/mol. The molecule has 0 unspecified atom stereocenters. The smallest absolute Gasteiger partial charge is 0.407 e. The summed E-state index contributed by atoms with van der Waals surface area (Å²) >= 11 is 0. The quantitative estimate of drug-likeness (QED) is 0.196. The summed E-state index contributed by atoms with van der Waals surface area (Å²) in [7, 11) is 1.55. The predicted molar refractivity (Wildman–Crippen MR) is 129 cm³/mol. The number of amides is 2. The van der Waals surface area contributed by atoms with Crippen LogP contribution in [0.4, 0.5) is 4.79 Å². The van der Waals surface area contributed by atoms with Crippen LogP contribution in [0.1, 0.15) is 94.4 Å². The maximum absolute atomic E-state index is 12.5. The van der Waals surface area contributed by atoms with Gasteiger partial charge in [-0.2, -0.15) is 0 Å². The number of ether oxygens (including phenoxy) is 3. The van der Waals surface area contributed by atoms with Crippen LogP contribution in [-0.4, -0.2) is 65.4 Å². The lowest BCUT2D eigenvalue weighted by atomic mass is 10.0. The average molecular weight is 488 g/mol. The number of likely N-dealkylation sites (N-methyl/N-ethyl adjacent to an activating group) is 1. The Morgan fingerprint density at radius 3 is 1.76 bits per heavy atom. The van der Waals surface area contributed by atoms with Gasteiger partial charge in [0.15, 0.2) is 0 Å². The highest BCUT2D eigenvalue weighted by atomic mass is 16.6. The molecule has 10 nitrogen and oxygen atoms in total. The van der Waals surface area contributed by atoms with Crippen molar-refractivity contribution in [2.45, 2.75) is 117 Å². The van der Waals surface area contributed by atoms with Gasteiger partial charge in [-0.15, -0.1) is 0 Å². The van der Waals surface area contributed by atoms with Gasteiger partial charge in [0, 0.05) is 25.9 Å². The summed E-state index contributed by atoms with van der Waals surface area (Å²) in [5, 5.41) is 4.06. The lowest BCUT2D eigenvalue weighted by Crippen LogP contribution is -2.47. The van der Waals surface area contributed by atoms with Crippen LogP contribution < -0.4 is 10.7 Å². The number of nitrogens with one attached hydrogen (secondary N) is 2. The van der Waals surface area contributed by atoms with Crippen LogP contribution >= 0.6 is 0 Å². The summed E-state index contributed by atoms with van der Waals surface area (Å²) in [6, 6.07) is -0.511. The van der Waals surface area contributed by atoms with E-state index in [1.807, 2.05) is 20.8 Å². The molecule has 0 aromatic heterocycles. The zero-order valence-corrected chi connectivity index (χ0v) is 22.6. The number of carbonyl (C=O) groups is 4. The number of unbranched alkanes of at least 4 members (excludes halogenated alkanes) is 1. The molecular formula is C24H45N3O7. The molecule has 0 saturated heterocycles. The molecule has 0 fully saturated rings. The second kappa shape index (κ2) is 13.5. The Bertz CT molecular complexity index is 688. The van der Waals surface area contributed by atoms with Crippen molar-refractivity contribution in [2.75, 3.05) is 13.6 Å². The third kappa shape index (κ3) is 19.1. The van der Waals surface area contributed by atoms with Crippen molar-refractivity contribution in [2.24, 2.45) is 0 Å². The zero-order chi connectivity index (χ0) is 26.7. The van der Waals surface area contributed by atoms with Gasteiger partial charge in [0.05, 0.1) is 0 Å². The highest BCUT2D eigenvalue weighted by molar-refractivity contribution is 5.78. The highest BCUT2D eigenvalue weighted by Gasteiger charge is 2.23. The summed E-state index contributed by atoms with van der Waals surface area (Å²) in [5.74, 6) is -1.13. The lowest BCUT2D eigenvalue weighted by Gasteiger charge is -2.25. The first-order valence-electron chi connectivity index (χ1n) is 11.7. The zero-order valence-electron chi connectivity index (χ0n) is 22.6. The third-order valence-electron chi connectivity index (χ3n) is 3.86. The molecule has 0 aromatic rings. The maximum atomic E-state index is 12.5. The second-order valence-corrected chi connectivity index (χ2v) is 11.4. The van der Waals surface area contributed by atoms with Gasteiger partial charge >= 0.3 is 18.0 Å². The van der Waals surface area contributed by atoms with Crippen LogP contribution in [0.3, 0.4) is 0 Å². The monoisotopic (exact) mass is 487 g/mol. The standard InChI is InChI=1S/C24H45N3O7/c1-22(2,3)32-19(29)14-12-11-13-17(25-21(31)34-24(7,8)9)15-18(28)26-27(10)16-20(30)33-23(4,5)6/h17H,11-16H2,1-10H3,(H,25,31)(H,26,28)/t17-/m0/s1. The van der Waals surface area contributed by atoms with Crippen LogP contribution in [0.2, 0.25) is 0 Å². The molecule has 0 rings (SSSR count). The Morgan fingerprint density at radius 1 is 0.765 bits per heavy atom. The first-order valence-corrected chi connectivity index (χ1v) is 11.7. The minimum atomic E-state index is -0.679. The number of nitrogens with zero attached hydrogens (tertiary/aromatic N) is 1. The van der Waals surface area contributed by atoms with Gasteiger partial charge in [-0.25, -0.2) is 9.80 Å². The van der Waals surface area contributed by atoms with Gasteiger partial charge in [-0.3, -0.25) is 19.8 Å². The molecule has 0 heterocycles. The molecule has 198 valence electrons. The fraction of sp³-hybridized carbons (Fsp3) is 0.833. The van der Waals surface area contributed by atoms with E-state index in [2.05, 4.69) is 10.7 Å². The molecule has 2 amide bonds. The van der Waals surface area contributed by atoms with Crippen LogP contribution in [0.5, 0.6) is 0 Å². The Hall–Kier alpha value is -2.36. The summed E-state index contributed by atoms with van der Waals surface area (Å²) in [6.45, 7) is 15.8. The molecule has 0 saturated carbocycles. The summed E-state index contributed by atoms with van der Waals surface area (Å²) in [6.07, 6.45) is 1.22. The largest absolute Gasteiger partial charge is 0.460 e. The number of hydrazine groups is 1. The molecule has 0 aromatic carbocycles. The van der Waals surface area contributed by atoms with E-state index in [1.165, 1.54) is 5.01 Å². The van der Waals surface area contributed by atoms with Crippen molar-refractivity contribution in [3.8, 4) is 0 Å². The van der Waals surface area contributed by atoms with E-state index in [0.29, 0.717) is 19.3 Å². The van der Waals surface area contributed by atoms with E-state index >= 15 is 0 Å². The van der Waals surface area contributed by atoms with Crippen molar-refractivity contribution >= 4 is 23.9 Å². The topological polar surface area (TPSA) is 123 Å². The molecule has 2 N–H and O–H groups in total. The van der Waals surface area contributed by atoms with Gasteiger partial charge in [0.2, 0.25) is 5.91 Å².